The van der Waals surface area contributed by atoms with E-state index in [-0.39, 0.29) is 24.9 Å². The van der Waals surface area contributed by atoms with Gasteiger partial charge in [-0.05, 0) is 51.4 Å². The second-order valence-corrected chi connectivity index (χ2v) is 17.2. The lowest BCUT2D eigenvalue weighted by molar-refractivity contribution is -0.151. The summed E-state index contributed by atoms with van der Waals surface area (Å²) in [4.78, 5) is 26.0. The van der Waals surface area contributed by atoms with Crippen molar-refractivity contribution in [3.8, 4) is 0 Å². The van der Waals surface area contributed by atoms with E-state index in [0.29, 0.717) is 19.3 Å². The third-order valence-electron chi connectivity index (χ3n) is 11.6. The van der Waals surface area contributed by atoms with Gasteiger partial charge in [-0.15, -0.1) is 0 Å². The Bertz CT molecular complexity index is 847. The molecule has 0 aromatic heterocycles. The van der Waals surface area contributed by atoms with E-state index in [0.717, 1.165) is 51.4 Å². The van der Waals surface area contributed by atoms with Crippen LogP contribution >= 0.6 is 0 Å². The molecule has 1 amide bonds. The zero-order valence-corrected chi connectivity index (χ0v) is 37.8. The smallest absolute Gasteiger partial charge is 0.306 e. The van der Waals surface area contributed by atoms with Crippen LogP contribution in [0.2, 0.25) is 0 Å². The van der Waals surface area contributed by atoms with Gasteiger partial charge in [-0.25, -0.2) is 0 Å². The Morgan fingerprint density at radius 2 is 0.857 bits per heavy atom. The van der Waals surface area contributed by atoms with Crippen LogP contribution in [0.25, 0.3) is 0 Å². The molecule has 0 aliphatic carbocycles. The summed E-state index contributed by atoms with van der Waals surface area (Å²) in [5.41, 5.74) is 0. The Hall–Kier alpha value is -1.40. The number of carbonyl (C=O) groups excluding carboxylic acids is 2. The summed E-state index contributed by atoms with van der Waals surface area (Å²) in [7, 11) is 0. The van der Waals surface area contributed by atoms with Crippen molar-refractivity contribution in [1.82, 2.24) is 5.32 Å². The van der Waals surface area contributed by atoms with Gasteiger partial charge in [0.2, 0.25) is 5.91 Å². The van der Waals surface area contributed by atoms with Crippen LogP contribution in [0, 0.1) is 0 Å². The molecule has 0 fully saturated rings. The highest BCUT2D eigenvalue weighted by atomic mass is 16.5. The van der Waals surface area contributed by atoms with Gasteiger partial charge in [0, 0.05) is 6.42 Å². The first kappa shape index (κ1) is 54.6. The van der Waals surface area contributed by atoms with Crippen molar-refractivity contribution < 1.29 is 24.5 Å². The van der Waals surface area contributed by atoms with E-state index in [1.807, 2.05) is 0 Å². The lowest BCUT2D eigenvalue weighted by atomic mass is 10.0. The van der Waals surface area contributed by atoms with Crippen molar-refractivity contribution in [2.75, 3.05) is 6.61 Å². The largest absolute Gasteiger partial charge is 0.462 e. The number of ether oxygens (including phenoxy) is 1. The van der Waals surface area contributed by atoms with E-state index in [1.54, 1.807) is 0 Å². The molecule has 0 aromatic rings. The molecule has 0 aliphatic heterocycles. The molecule has 3 unspecified atom stereocenters. The molecule has 0 rings (SSSR count). The number of esters is 1. The number of aliphatic hydroxyl groups is 2. The second-order valence-electron chi connectivity index (χ2n) is 17.2. The van der Waals surface area contributed by atoms with Crippen molar-refractivity contribution in [3.05, 3.63) is 12.2 Å². The Morgan fingerprint density at radius 3 is 1.27 bits per heavy atom. The van der Waals surface area contributed by atoms with Crippen LogP contribution in [0.4, 0.5) is 0 Å². The molecule has 0 bridgehead atoms. The number of allylic oxidation sites excluding steroid dienone is 2. The van der Waals surface area contributed by atoms with Crippen molar-refractivity contribution in [2.24, 2.45) is 0 Å². The topological polar surface area (TPSA) is 95.9 Å². The highest BCUT2D eigenvalue weighted by Crippen LogP contribution is 2.18. The standard InChI is InChI=1S/C50H97NO5/c1-4-7-10-13-16-19-21-22-23-24-25-26-28-30-32-35-38-41-46(56-50(55)43-40-37-34-29-18-15-12-9-6-3)44-49(54)51-47(45-52)48(53)42-39-36-33-31-27-20-17-14-11-8-5-2/h22-23,46-48,52-53H,4-21,24-45H2,1-3H3,(H,51,54)/b23-22+. The molecular formula is C50H97NO5. The fraction of sp³-hybridized carbons (Fsp3) is 0.920. The molecule has 0 spiro atoms. The molecule has 0 heterocycles. The van der Waals surface area contributed by atoms with Crippen LogP contribution in [0.3, 0.4) is 0 Å². The highest BCUT2D eigenvalue weighted by molar-refractivity contribution is 5.77. The van der Waals surface area contributed by atoms with E-state index in [1.165, 1.54) is 173 Å². The molecule has 0 saturated carbocycles. The number of hydrogen-bond donors (Lipinski definition) is 3. The number of hydrogen-bond acceptors (Lipinski definition) is 5. The van der Waals surface area contributed by atoms with Crippen molar-refractivity contribution in [1.29, 1.82) is 0 Å². The van der Waals surface area contributed by atoms with Crippen molar-refractivity contribution in [2.45, 2.75) is 289 Å². The molecule has 3 atom stereocenters. The van der Waals surface area contributed by atoms with Gasteiger partial charge >= 0.3 is 5.97 Å². The summed E-state index contributed by atoms with van der Waals surface area (Å²) >= 11 is 0. The fourth-order valence-electron chi connectivity index (χ4n) is 7.78. The average molecular weight is 792 g/mol. The maximum absolute atomic E-state index is 13.1. The normalized spacial score (nSPS) is 13.3. The Labute approximate surface area is 349 Å². The van der Waals surface area contributed by atoms with Crippen LogP contribution in [0.1, 0.15) is 271 Å². The van der Waals surface area contributed by atoms with Crippen molar-refractivity contribution >= 4 is 11.9 Å². The average Bonchev–Trinajstić information content (AvgIpc) is 3.19. The van der Waals surface area contributed by atoms with Gasteiger partial charge in [-0.2, -0.15) is 0 Å². The van der Waals surface area contributed by atoms with Gasteiger partial charge in [-0.3, -0.25) is 9.59 Å². The minimum atomic E-state index is -0.781. The number of nitrogens with one attached hydrogen (secondary N) is 1. The predicted octanol–water partition coefficient (Wildman–Crippen LogP) is 14.6. The van der Waals surface area contributed by atoms with Crippen LogP contribution in [0.15, 0.2) is 12.2 Å². The van der Waals surface area contributed by atoms with Crippen LogP contribution in [-0.2, 0) is 14.3 Å². The lowest BCUT2D eigenvalue weighted by Crippen LogP contribution is -2.46. The Morgan fingerprint density at radius 1 is 0.500 bits per heavy atom. The number of amides is 1. The Balaban J connectivity index is 4.52. The van der Waals surface area contributed by atoms with E-state index in [9.17, 15) is 19.8 Å². The second kappa shape index (κ2) is 44.7. The van der Waals surface area contributed by atoms with Crippen LogP contribution in [0.5, 0.6) is 0 Å². The molecule has 6 nitrogen and oxygen atoms in total. The summed E-state index contributed by atoms with van der Waals surface area (Å²) in [6, 6.07) is -0.695. The van der Waals surface area contributed by atoms with Crippen LogP contribution in [-0.4, -0.2) is 46.9 Å². The minimum absolute atomic E-state index is 0.0809. The highest BCUT2D eigenvalue weighted by Gasteiger charge is 2.24. The zero-order valence-electron chi connectivity index (χ0n) is 37.8. The summed E-state index contributed by atoms with van der Waals surface area (Å²) in [6.07, 6.45) is 48.4. The maximum Gasteiger partial charge on any atom is 0.306 e. The quantitative estimate of drug-likeness (QED) is 0.0324. The molecule has 332 valence electrons. The van der Waals surface area contributed by atoms with E-state index in [4.69, 9.17) is 4.74 Å². The predicted molar refractivity (Wildman–Crippen MR) is 241 cm³/mol. The van der Waals surface area contributed by atoms with Crippen LogP contribution < -0.4 is 5.32 Å². The van der Waals surface area contributed by atoms with Gasteiger partial charge in [-0.1, -0.05) is 219 Å². The first-order chi connectivity index (χ1) is 27.5. The molecular weight excluding hydrogens is 695 g/mol. The number of unbranched alkanes of at least 4 members (excludes halogenated alkanes) is 31. The monoisotopic (exact) mass is 792 g/mol. The van der Waals surface area contributed by atoms with Crippen molar-refractivity contribution in [3.63, 3.8) is 0 Å². The number of aliphatic hydroxyl groups excluding tert-OH is 2. The molecule has 0 aromatic carbocycles. The molecule has 6 heteroatoms. The molecule has 0 saturated heterocycles. The lowest BCUT2D eigenvalue weighted by Gasteiger charge is -2.24. The van der Waals surface area contributed by atoms with Gasteiger partial charge in [0.05, 0.1) is 25.2 Å². The van der Waals surface area contributed by atoms with E-state index >= 15 is 0 Å². The van der Waals surface area contributed by atoms with Gasteiger partial charge in [0.15, 0.2) is 0 Å². The number of rotatable bonds is 45. The SMILES string of the molecule is CCCCCCCC/C=C/CCCCCCCCCC(CC(=O)NC(CO)C(O)CCCCCCCCCCCCC)OC(=O)CCCCCCCCCCC. The van der Waals surface area contributed by atoms with Gasteiger partial charge in [0.25, 0.3) is 0 Å². The maximum atomic E-state index is 13.1. The molecule has 3 N–H and O–H groups in total. The molecule has 56 heavy (non-hydrogen) atoms. The van der Waals surface area contributed by atoms with Gasteiger partial charge in [0.1, 0.15) is 6.10 Å². The van der Waals surface area contributed by atoms with E-state index < -0.39 is 18.2 Å². The third kappa shape index (κ3) is 39.4. The molecule has 0 aliphatic rings. The summed E-state index contributed by atoms with van der Waals surface area (Å²) in [5.74, 6) is -0.467. The Kier molecular flexibility index (Phi) is 43.6. The summed E-state index contributed by atoms with van der Waals surface area (Å²) < 4.78 is 5.91. The number of carbonyl (C=O) groups is 2. The van der Waals surface area contributed by atoms with E-state index in [2.05, 4.69) is 38.2 Å². The first-order valence-corrected chi connectivity index (χ1v) is 24.9. The molecule has 0 radical (unpaired) electrons. The third-order valence-corrected chi connectivity index (χ3v) is 11.6. The first-order valence-electron chi connectivity index (χ1n) is 24.9. The summed E-state index contributed by atoms with van der Waals surface area (Å²) in [6.45, 7) is 6.47. The van der Waals surface area contributed by atoms with Gasteiger partial charge < -0.3 is 20.3 Å². The zero-order chi connectivity index (χ0) is 41.0. The summed E-state index contributed by atoms with van der Waals surface area (Å²) in [5, 5.41) is 23.7. The fourth-order valence-corrected chi connectivity index (χ4v) is 7.78. The minimum Gasteiger partial charge on any atom is -0.462 e.